The molecule has 1 aliphatic carbocycles. The molecule has 3 nitrogen and oxygen atoms in total. The van der Waals surface area contributed by atoms with Crippen molar-refractivity contribution in [1.82, 2.24) is 0 Å². The molecule has 3 heteroatoms. The highest BCUT2D eigenvalue weighted by Crippen LogP contribution is 2.33. The molecule has 0 amide bonds. The average Bonchev–Trinajstić information content (AvgIpc) is 2.16. The molecular formula is C12H23NO2. The van der Waals surface area contributed by atoms with E-state index in [4.69, 9.17) is 10.5 Å². The molecule has 1 rings (SSSR count). The third-order valence-electron chi connectivity index (χ3n) is 3.14. The lowest BCUT2D eigenvalue weighted by Gasteiger charge is -2.30. The predicted octanol–water partition coefficient (Wildman–Crippen LogP) is 1.60. The Morgan fingerprint density at radius 3 is 2.40 bits per heavy atom. The van der Waals surface area contributed by atoms with Gasteiger partial charge in [-0.2, -0.15) is 0 Å². The first-order valence-corrected chi connectivity index (χ1v) is 5.94. The van der Waals surface area contributed by atoms with Crippen LogP contribution in [-0.2, 0) is 9.53 Å². The Labute approximate surface area is 92.4 Å². The first-order valence-electron chi connectivity index (χ1n) is 5.94. The first-order chi connectivity index (χ1) is 7.13. The summed E-state index contributed by atoms with van der Waals surface area (Å²) in [6.07, 6.45) is 3.33. The van der Waals surface area contributed by atoms with Gasteiger partial charge in [-0.25, -0.2) is 0 Å². The Balaban J connectivity index is 2.31. The minimum absolute atomic E-state index is 0.224. The molecule has 0 aromatic heterocycles. The maximum atomic E-state index is 11.8. The number of hydrogen-bond acceptors (Lipinski definition) is 3. The number of Topliss-reactive ketones (excluding diaryl/α,β-unsaturated/α-hetero) is 1. The van der Waals surface area contributed by atoms with Gasteiger partial charge in [0.2, 0.25) is 0 Å². The molecule has 0 aromatic rings. The van der Waals surface area contributed by atoms with E-state index in [0.717, 1.165) is 12.8 Å². The van der Waals surface area contributed by atoms with E-state index in [2.05, 4.69) is 13.8 Å². The van der Waals surface area contributed by atoms with Crippen molar-refractivity contribution in [3.63, 3.8) is 0 Å². The van der Waals surface area contributed by atoms with Crippen molar-refractivity contribution in [3.8, 4) is 0 Å². The normalized spacial score (nSPS) is 31.5. The maximum Gasteiger partial charge on any atom is 0.161 e. The molecule has 2 unspecified atom stereocenters. The Morgan fingerprint density at radius 2 is 1.87 bits per heavy atom. The quantitative estimate of drug-likeness (QED) is 0.706. The van der Waals surface area contributed by atoms with E-state index in [1.807, 2.05) is 0 Å². The summed E-state index contributed by atoms with van der Waals surface area (Å²) in [7, 11) is 0. The standard InChI is InChI=1S/C12H23NO2/c1-9-5-10(2)7-11(6-9)12(14)8-15-4-3-13/h9-11H,3-8,13H2,1-2H3. The van der Waals surface area contributed by atoms with Gasteiger partial charge in [0, 0.05) is 12.5 Å². The second kappa shape index (κ2) is 6.23. The van der Waals surface area contributed by atoms with Crippen molar-refractivity contribution >= 4 is 5.78 Å². The lowest BCUT2D eigenvalue weighted by molar-refractivity contribution is -0.129. The number of nitrogens with two attached hydrogens (primary N) is 1. The van der Waals surface area contributed by atoms with E-state index in [0.29, 0.717) is 25.0 Å². The maximum absolute atomic E-state index is 11.8. The van der Waals surface area contributed by atoms with E-state index >= 15 is 0 Å². The zero-order chi connectivity index (χ0) is 11.3. The van der Waals surface area contributed by atoms with Gasteiger partial charge in [0.1, 0.15) is 6.61 Å². The average molecular weight is 213 g/mol. The van der Waals surface area contributed by atoms with Crippen molar-refractivity contribution in [3.05, 3.63) is 0 Å². The molecule has 2 N–H and O–H groups in total. The van der Waals surface area contributed by atoms with Gasteiger partial charge < -0.3 is 10.5 Å². The second-order valence-corrected chi connectivity index (χ2v) is 4.92. The van der Waals surface area contributed by atoms with E-state index in [-0.39, 0.29) is 18.3 Å². The molecule has 0 aliphatic heterocycles. The molecule has 0 aromatic carbocycles. The number of hydrogen-bond donors (Lipinski definition) is 1. The summed E-state index contributed by atoms with van der Waals surface area (Å²) in [6, 6.07) is 0. The minimum Gasteiger partial charge on any atom is -0.372 e. The molecule has 2 atom stereocenters. The van der Waals surface area contributed by atoms with Crippen LogP contribution in [0.15, 0.2) is 0 Å². The number of ether oxygens (including phenoxy) is 1. The van der Waals surface area contributed by atoms with E-state index in [9.17, 15) is 4.79 Å². The second-order valence-electron chi connectivity index (χ2n) is 4.92. The molecule has 0 saturated heterocycles. The van der Waals surface area contributed by atoms with Crippen LogP contribution in [0.3, 0.4) is 0 Å². The van der Waals surface area contributed by atoms with Crippen LogP contribution in [0, 0.1) is 17.8 Å². The van der Waals surface area contributed by atoms with Gasteiger partial charge >= 0.3 is 0 Å². The number of ketones is 1. The SMILES string of the molecule is CC1CC(C)CC(C(=O)COCCN)C1. The zero-order valence-electron chi connectivity index (χ0n) is 9.87. The van der Waals surface area contributed by atoms with Crippen molar-refractivity contribution in [2.45, 2.75) is 33.1 Å². The Morgan fingerprint density at radius 1 is 1.27 bits per heavy atom. The molecular weight excluding hydrogens is 190 g/mol. The van der Waals surface area contributed by atoms with Crippen LogP contribution in [0.5, 0.6) is 0 Å². The van der Waals surface area contributed by atoms with E-state index in [1.165, 1.54) is 6.42 Å². The smallest absolute Gasteiger partial charge is 0.161 e. The summed E-state index contributed by atoms with van der Waals surface area (Å²) in [5.74, 6) is 1.85. The highest BCUT2D eigenvalue weighted by Gasteiger charge is 2.28. The van der Waals surface area contributed by atoms with Crippen molar-refractivity contribution in [1.29, 1.82) is 0 Å². The summed E-state index contributed by atoms with van der Waals surface area (Å²) in [6.45, 7) is 5.70. The fourth-order valence-corrected chi connectivity index (χ4v) is 2.58. The Bertz CT molecular complexity index is 196. The first kappa shape index (κ1) is 12.7. The van der Waals surface area contributed by atoms with Gasteiger partial charge in [0.05, 0.1) is 6.61 Å². The van der Waals surface area contributed by atoms with Gasteiger partial charge in [-0.05, 0) is 31.1 Å². The largest absolute Gasteiger partial charge is 0.372 e. The Kier molecular flexibility index (Phi) is 5.26. The van der Waals surface area contributed by atoms with Crippen LogP contribution in [-0.4, -0.2) is 25.5 Å². The molecule has 0 heterocycles. The van der Waals surface area contributed by atoms with E-state index in [1.54, 1.807) is 0 Å². The summed E-state index contributed by atoms with van der Waals surface area (Å²) in [5.41, 5.74) is 5.30. The molecule has 15 heavy (non-hydrogen) atoms. The molecule has 0 bridgehead atoms. The highest BCUT2D eigenvalue weighted by atomic mass is 16.5. The van der Waals surface area contributed by atoms with Crippen LogP contribution >= 0.6 is 0 Å². The van der Waals surface area contributed by atoms with Gasteiger partial charge in [0.25, 0.3) is 0 Å². The number of rotatable bonds is 5. The van der Waals surface area contributed by atoms with Crippen molar-refractivity contribution in [2.75, 3.05) is 19.8 Å². The highest BCUT2D eigenvalue weighted by molar-refractivity contribution is 5.82. The van der Waals surface area contributed by atoms with Gasteiger partial charge in [-0.1, -0.05) is 13.8 Å². The topological polar surface area (TPSA) is 52.3 Å². The molecule has 0 spiro atoms. The molecule has 1 saturated carbocycles. The fraction of sp³-hybridized carbons (Fsp3) is 0.917. The minimum atomic E-state index is 0.224. The van der Waals surface area contributed by atoms with Crippen LogP contribution in [0.25, 0.3) is 0 Å². The van der Waals surface area contributed by atoms with Crippen LogP contribution in [0.4, 0.5) is 0 Å². The third-order valence-corrected chi connectivity index (χ3v) is 3.14. The number of carbonyl (C=O) groups is 1. The molecule has 1 aliphatic rings. The summed E-state index contributed by atoms with van der Waals surface area (Å²) >= 11 is 0. The molecule has 0 radical (unpaired) electrons. The van der Waals surface area contributed by atoms with E-state index < -0.39 is 0 Å². The van der Waals surface area contributed by atoms with Crippen LogP contribution in [0.2, 0.25) is 0 Å². The van der Waals surface area contributed by atoms with Crippen molar-refractivity contribution < 1.29 is 9.53 Å². The van der Waals surface area contributed by atoms with Crippen molar-refractivity contribution in [2.24, 2.45) is 23.5 Å². The van der Waals surface area contributed by atoms with Crippen LogP contribution < -0.4 is 5.73 Å². The number of carbonyl (C=O) groups excluding carboxylic acids is 1. The summed E-state index contributed by atoms with van der Waals surface area (Å²) in [4.78, 5) is 11.8. The third kappa shape index (κ3) is 4.31. The monoisotopic (exact) mass is 213 g/mol. The molecule has 1 fully saturated rings. The summed E-state index contributed by atoms with van der Waals surface area (Å²) in [5, 5.41) is 0. The predicted molar refractivity (Wildman–Crippen MR) is 60.5 cm³/mol. The summed E-state index contributed by atoms with van der Waals surface area (Å²) < 4.78 is 5.19. The lowest BCUT2D eigenvalue weighted by Crippen LogP contribution is -2.29. The van der Waals surface area contributed by atoms with Gasteiger partial charge in [-0.15, -0.1) is 0 Å². The fourth-order valence-electron chi connectivity index (χ4n) is 2.58. The Hall–Kier alpha value is -0.410. The van der Waals surface area contributed by atoms with Gasteiger partial charge in [-0.3, -0.25) is 4.79 Å². The van der Waals surface area contributed by atoms with Crippen LogP contribution in [0.1, 0.15) is 33.1 Å². The molecule has 88 valence electrons. The zero-order valence-corrected chi connectivity index (χ0v) is 9.87. The van der Waals surface area contributed by atoms with Gasteiger partial charge in [0.15, 0.2) is 5.78 Å². The lowest BCUT2D eigenvalue weighted by atomic mass is 9.75.